The van der Waals surface area contributed by atoms with E-state index in [1.165, 1.54) is 19.2 Å². The number of hydrogen-bond acceptors (Lipinski definition) is 3. The number of methoxy groups -OCH3 is 1. The van der Waals surface area contributed by atoms with Crippen molar-refractivity contribution in [1.82, 2.24) is 0 Å². The first-order chi connectivity index (χ1) is 7.90. The Hall–Kier alpha value is -1.93. The van der Waals surface area contributed by atoms with E-state index in [0.29, 0.717) is 5.69 Å². The van der Waals surface area contributed by atoms with Gasteiger partial charge in [0.2, 0.25) is 0 Å². The zero-order chi connectivity index (χ0) is 13.1. The standard InChI is InChI=1S/C12H13FN2O2/c1-12(2,17-3)11(16)15-9-4-5-10(13)8(6-9)7-14/h4-6H,1-3H3,(H,15,16). The third kappa shape index (κ3) is 3.02. The van der Waals surface area contributed by atoms with Crippen LogP contribution in [-0.4, -0.2) is 18.6 Å². The van der Waals surface area contributed by atoms with Gasteiger partial charge in [-0.15, -0.1) is 0 Å². The van der Waals surface area contributed by atoms with Crippen molar-refractivity contribution in [3.05, 3.63) is 29.6 Å². The Bertz CT molecular complexity index is 478. The zero-order valence-corrected chi connectivity index (χ0v) is 9.87. The van der Waals surface area contributed by atoms with E-state index in [1.54, 1.807) is 19.9 Å². The molecule has 0 atom stereocenters. The number of rotatable bonds is 3. The molecule has 17 heavy (non-hydrogen) atoms. The molecular weight excluding hydrogens is 223 g/mol. The first kappa shape index (κ1) is 13.1. The van der Waals surface area contributed by atoms with E-state index in [2.05, 4.69) is 5.32 Å². The van der Waals surface area contributed by atoms with Crippen LogP contribution in [0.5, 0.6) is 0 Å². The van der Waals surface area contributed by atoms with E-state index in [0.717, 1.165) is 6.07 Å². The van der Waals surface area contributed by atoms with Crippen molar-refractivity contribution in [3.63, 3.8) is 0 Å². The summed E-state index contributed by atoms with van der Waals surface area (Å²) in [4.78, 5) is 11.7. The van der Waals surface area contributed by atoms with Crippen LogP contribution in [0.3, 0.4) is 0 Å². The highest BCUT2D eigenvalue weighted by molar-refractivity contribution is 5.96. The maximum absolute atomic E-state index is 13.0. The average molecular weight is 236 g/mol. The fourth-order valence-corrected chi connectivity index (χ4v) is 1.06. The molecule has 0 aliphatic rings. The molecule has 0 unspecified atom stereocenters. The number of nitrogens with zero attached hydrogens (tertiary/aromatic N) is 1. The van der Waals surface area contributed by atoms with Crippen molar-refractivity contribution in [1.29, 1.82) is 5.26 Å². The number of carbonyl (C=O) groups excluding carboxylic acids is 1. The van der Waals surface area contributed by atoms with E-state index in [1.807, 2.05) is 0 Å². The fraction of sp³-hybridized carbons (Fsp3) is 0.333. The summed E-state index contributed by atoms with van der Waals surface area (Å²) in [7, 11) is 1.42. The smallest absolute Gasteiger partial charge is 0.256 e. The van der Waals surface area contributed by atoms with Gasteiger partial charge in [0.15, 0.2) is 0 Å². The van der Waals surface area contributed by atoms with E-state index < -0.39 is 11.4 Å². The minimum atomic E-state index is -0.985. The highest BCUT2D eigenvalue weighted by Crippen LogP contribution is 2.16. The molecule has 0 radical (unpaired) electrons. The number of nitrogens with one attached hydrogen (secondary N) is 1. The van der Waals surface area contributed by atoms with Crippen LogP contribution in [-0.2, 0) is 9.53 Å². The molecule has 1 amide bonds. The molecule has 0 saturated heterocycles. The van der Waals surface area contributed by atoms with Gasteiger partial charge in [0.25, 0.3) is 5.91 Å². The molecule has 0 spiro atoms. The Morgan fingerprint density at radius 2 is 2.18 bits per heavy atom. The summed E-state index contributed by atoms with van der Waals surface area (Å²) in [5, 5.41) is 11.2. The Kier molecular flexibility index (Phi) is 3.81. The van der Waals surface area contributed by atoms with Gasteiger partial charge in [-0.05, 0) is 32.0 Å². The third-order valence-electron chi connectivity index (χ3n) is 2.40. The highest BCUT2D eigenvalue weighted by Gasteiger charge is 2.27. The topological polar surface area (TPSA) is 62.1 Å². The molecule has 1 N–H and O–H groups in total. The number of hydrogen-bond donors (Lipinski definition) is 1. The van der Waals surface area contributed by atoms with Gasteiger partial charge in [0.05, 0.1) is 5.56 Å². The van der Waals surface area contributed by atoms with Gasteiger partial charge < -0.3 is 10.1 Å². The molecular formula is C12H13FN2O2. The minimum Gasteiger partial charge on any atom is -0.369 e. The summed E-state index contributed by atoms with van der Waals surface area (Å²) in [6, 6.07) is 5.50. The number of anilines is 1. The first-order valence-electron chi connectivity index (χ1n) is 4.97. The molecule has 1 aromatic carbocycles. The lowest BCUT2D eigenvalue weighted by Crippen LogP contribution is -2.38. The van der Waals surface area contributed by atoms with Gasteiger partial charge in [0.1, 0.15) is 17.5 Å². The molecule has 4 nitrogen and oxygen atoms in total. The van der Waals surface area contributed by atoms with Gasteiger partial charge in [-0.3, -0.25) is 4.79 Å². The lowest BCUT2D eigenvalue weighted by Gasteiger charge is -2.21. The van der Waals surface area contributed by atoms with E-state index in [9.17, 15) is 9.18 Å². The normalized spacial score (nSPS) is 10.8. The van der Waals surface area contributed by atoms with Gasteiger partial charge in [-0.25, -0.2) is 4.39 Å². The summed E-state index contributed by atoms with van der Waals surface area (Å²) >= 11 is 0. The van der Waals surface area contributed by atoms with E-state index >= 15 is 0 Å². The number of amides is 1. The number of benzene rings is 1. The number of halogens is 1. The second kappa shape index (κ2) is 4.93. The Labute approximate surface area is 99.0 Å². The average Bonchev–Trinajstić information content (AvgIpc) is 2.31. The maximum atomic E-state index is 13.0. The van der Waals surface area contributed by atoms with E-state index in [-0.39, 0.29) is 11.5 Å². The molecule has 0 saturated carbocycles. The summed E-state index contributed by atoms with van der Waals surface area (Å²) in [5.41, 5.74) is -0.739. The SMILES string of the molecule is COC(C)(C)C(=O)Nc1ccc(F)c(C#N)c1. The number of carbonyl (C=O) groups is 1. The largest absolute Gasteiger partial charge is 0.369 e. The highest BCUT2D eigenvalue weighted by atomic mass is 19.1. The second-order valence-corrected chi connectivity index (χ2v) is 3.97. The lowest BCUT2D eigenvalue weighted by atomic mass is 10.1. The van der Waals surface area contributed by atoms with Crippen molar-refractivity contribution in [2.45, 2.75) is 19.4 Å². The van der Waals surface area contributed by atoms with Gasteiger partial charge in [0, 0.05) is 12.8 Å². The summed E-state index contributed by atoms with van der Waals surface area (Å²) in [5.74, 6) is -0.980. The number of nitriles is 1. The molecule has 1 aromatic rings. The van der Waals surface area contributed by atoms with Gasteiger partial charge >= 0.3 is 0 Å². The lowest BCUT2D eigenvalue weighted by molar-refractivity contribution is -0.133. The number of ether oxygens (including phenoxy) is 1. The summed E-state index contributed by atoms with van der Waals surface area (Å²) < 4.78 is 18.0. The summed E-state index contributed by atoms with van der Waals surface area (Å²) in [6.45, 7) is 3.22. The zero-order valence-electron chi connectivity index (χ0n) is 9.87. The Morgan fingerprint density at radius 3 is 2.71 bits per heavy atom. The van der Waals surface area contributed by atoms with Crippen LogP contribution >= 0.6 is 0 Å². The van der Waals surface area contributed by atoms with Crippen LogP contribution in [0.4, 0.5) is 10.1 Å². The van der Waals surface area contributed by atoms with Crippen LogP contribution in [0.15, 0.2) is 18.2 Å². The van der Waals surface area contributed by atoms with Crippen LogP contribution in [0.2, 0.25) is 0 Å². The van der Waals surface area contributed by atoms with Crippen LogP contribution < -0.4 is 5.32 Å². The van der Waals surface area contributed by atoms with Crippen LogP contribution in [0, 0.1) is 17.1 Å². The first-order valence-corrected chi connectivity index (χ1v) is 4.97. The van der Waals surface area contributed by atoms with Crippen molar-refractivity contribution in [2.75, 3.05) is 12.4 Å². The Balaban J connectivity index is 2.91. The third-order valence-corrected chi connectivity index (χ3v) is 2.40. The van der Waals surface area contributed by atoms with Gasteiger partial charge in [-0.1, -0.05) is 0 Å². The molecule has 1 rings (SSSR count). The molecule has 0 aliphatic heterocycles. The summed E-state index contributed by atoms with van der Waals surface area (Å²) in [6.07, 6.45) is 0. The molecule has 90 valence electrons. The second-order valence-electron chi connectivity index (χ2n) is 3.97. The predicted octanol–water partition coefficient (Wildman–Crippen LogP) is 2.06. The molecule has 0 heterocycles. The monoisotopic (exact) mass is 236 g/mol. The molecule has 0 aromatic heterocycles. The molecule has 0 fully saturated rings. The fourth-order valence-electron chi connectivity index (χ4n) is 1.06. The van der Waals surface area contributed by atoms with Gasteiger partial charge in [-0.2, -0.15) is 5.26 Å². The van der Waals surface area contributed by atoms with E-state index in [4.69, 9.17) is 10.00 Å². The molecule has 5 heteroatoms. The molecule has 0 aliphatic carbocycles. The van der Waals surface area contributed by atoms with Crippen molar-refractivity contribution in [3.8, 4) is 6.07 Å². The van der Waals surface area contributed by atoms with Crippen LogP contribution in [0.1, 0.15) is 19.4 Å². The predicted molar refractivity (Wildman–Crippen MR) is 60.8 cm³/mol. The van der Waals surface area contributed by atoms with Crippen LogP contribution in [0.25, 0.3) is 0 Å². The van der Waals surface area contributed by atoms with Crippen molar-refractivity contribution in [2.24, 2.45) is 0 Å². The molecule has 0 bridgehead atoms. The minimum absolute atomic E-state index is 0.113. The quantitative estimate of drug-likeness (QED) is 0.873. The van der Waals surface area contributed by atoms with Crippen molar-refractivity contribution < 1.29 is 13.9 Å². The Morgan fingerprint density at radius 1 is 1.53 bits per heavy atom. The maximum Gasteiger partial charge on any atom is 0.256 e. The van der Waals surface area contributed by atoms with Crippen molar-refractivity contribution >= 4 is 11.6 Å².